The summed E-state index contributed by atoms with van der Waals surface area (Å²) in [5, 5.41) is 2.10. The van der Waals surface area contributed by atoms with E-state index in [-0.39, 0.29) is 5.56 Å². The predicted octanol–water partition coefficient (Wildman–Crippen LogP) is 4.43. The minimum Gasteiger partial charge on any atom is -0.317 e. The Hall–Kier alpha value is -1.82. The molecular weight excluding hydrogens is 335 g/mol. The number of hydrogen-bond donors (Lipinski definition) is 1. The van der Waals surface area contributed by atoms with E-state index in [1.807, 2.05) is 0 Å². The minimum absolute atomic E-state index is 0.230. The Balaban J connectivity index is 2.36. The second kappa shape index (κ2) is 5.66. The fourth-order valence-electron chi connectivity index (χ4n) is 1.67. The summed E-state index contributed by atoms with van der Waals surface area (Å²) in [7, 11) is 0. The van der Waals surface area contributed by atoms with Crippen LogP contribution in [0.3, 0.4) is 0 Å². The minimum atomic E-state index is -1.17. The zero-order valence-electron chi connectivity index (χ0n) is 10.3. The molecule has 0 aromatic heterocycles. The number of hydrogen-bond acceptors (Lipinski definition) is 1. The molecule has 6 heteroatoms. The second-order valence-electron chi connectivity index (χ2n) is 4.14. The Morgan fingerprint density at radius 2 is 1.75 bits per heavy atom. The van der Waals surface area contributed by atoms with Gasteiger partial charge in [0.2, 0.25) is 0 Å². The Kier molecular flexibility index (Phi) is 4.13. The number of halogens is 4. The van der Waals surface area contributed by atoms with Crippen LogP contribution in [0.25, 0.3) is 0 Å². The molecule has 0 aliphatic rings. The summed E-state index contributed by atoms with van der Waals surface area (Å²) >= 11 is 3.23. The molecule has 2 aromatic rings. The first kappa shape index (κ1) is 14.6. The number of carbonyl (C=O) groups is 1. The van der Waals surface area contributed by atoms with Gasteiger partial charge in [-0.15, -0.1) is 0 Å². The standard InChI is InChI=1S/C14H9BrF3NO/c1-7-3-2-4-9(12(7)15)14(20)19-13-10(17)5-8(16)6-11(13)18/h2-6H,1H3,(H,19,20). The van der Waals surface area contributed by atoms with E-state index in [1.54, 1.807) is 19.1 Å². The Labute approximate surface area is 121 Å². The number of rotatable bonds is 2. The number of aryl methyl sites for hydroxylation is 1. The van der Waals surface area contributed by atoms with Gasteiger partial charge in [0.15, 0.2) is 11.6 Å². The molecule has 0 fully saturated rings. The predicted molar refractivity (Wildman–Crippen MR) is 73.1 cm³/mol. The van der Waals surface area contributed by atoms with Crippen molar-refractivity contribution in [2.45, 2.75) is 6.92 Å². The van der Waals surface area contributed by atoms with Crippen LogP contribution in [0.15, 0.2) is 34.8 Å². The van der Waals surface area contributed by atoms with Crippen LogP contribution in [0.5, 0.6) is 0 Å². The van der Waals surface area contributed by atoms with Gasteiger partial charge >= 0.3 is 0 Å². The molecule has 20 heavy (non-hydrogen) atoms. The molecule has 0 saturated carbocycles. The van der Waals surface area contributed by atoms with Gasteiger partial charge in [0.25, 0.3) is 5.91 Å². The molecule has 2 aromatic carbocycles. The summed E-state index contributed by atoms with van der Waals surface area (Å²) in [5.74, 6) is -4.07. The highest BCUT2D eigenvalue weighted by molar-refractivity contribution is 9.10. The van der Waals surface area contributed by atoms with Crippen LogP contribution >= 0.6 is 15.9 Å². The molecule has 1 N–H and O–H groups in total. The highest BCUT2D eigenvalue weighted by Gasteiger charge is 2.17. The van der Waals surface area contributed by atoms with Crippen LogP contribution in [0.1, 0.15) is 15.9 Å². The summed E-state index contributed by atoms with van der Waals surface area (Å²) in [4.78, 5) is 12.0. The van der Waals surface area contributed by atoms with Crippen LogP contribution in [-0.4, -0.2) is 5.91 Å². The first-order valence-corrected chi connectivity index (χ1v) is 6.40. The average Bonchev–Trinajstić information content (AvgIpc) is 2.36. The molecule has 0 bridgehead atoms. The molecule has 1 amide bonds. The second-order valence-corrected chi connectivity index (χ2v) is 4.93. The van der Waals surface area contributed by atoms with Gasteiger partial charge in [0.1, 0.15) is 11.5 Å². The molecule has 104 valence electrons. The average molecular weight is 344 g/mol. The van der Waals surface area contributed by atoms with Crippen molar-refractivity contribution in [3.05, 3.63) is 63.4 Å². The number of nitrogens with one attached hydrogen (secondary N) is 1. The van der Waals surface area contributed by atoms with E-state index >= 15 is 0 Å². The van der Waals surface area contributed by atoms with Crippen molar-refractivity contribution in [3.8, 4) is 0 Å². The zero-order valence-corrected chi connectivity index (χ0v) is 11.9. The van der Waals surface area contributed by atoms with Crippen molar-refractivity contribution >= 4 is 27.5 Å². The third-order valence-corrected chi connectivity index (χ3v) is 3.73. The van der Waals surface area contributed by atoms with Crippen molar-refractivity contribution in [2.24, 2.45) is 0 Å². The Morgan fingerprint density at radius 3 is 2.35 bits per heavy atom. The molecule has 2 rings (SSSR count). The first-order chi connectivity index (χ1) is 9.40. The first-order valence-electron chi connectivity index (χ1n) is 5.61. The van der Waals surface area contributed by atoms with E-state index in [4.69, 9.17) is 0 Å². The lowest BCUT2D eigenvalue weighted by Crippen LogP contribution is -2.15. The monoisotopic (exact) mass is 343 g/mol. The van der Waals surface area contributed by atoms with E-state index in [0.29, 0.717) is 16.6 Å². The van der Waals surface area contributed by atoms with Gasteiger partial charge in [-0.25, -0.2) is 13.2 Å². The van der Waals surface area contributed by atoms with Crippen molar-refractivity contribution in [3.63, 3.8) is 0 Å². The van der Waals surface area contributed by atoms with Crippen molar-refractivity contribution in [2.75, 3.05) is 5.32 Å². The van der Waals surface area contributed by atoms with Gasteiger partial charge < -0.3 is 5.32 Å². The summed E-state index contributed by atoms with van der Waals surface area (Å²) < 4.78 is 40.2. The third kappa shape index (κ3) is 2.85. The van der Waals surface area contributed by atoms with E-state index in [9.17, 15) is 18.0 Å². The topological polar surface area (TPSA) is 29.1 Å². The third-order valence-electron chi connectivity index (χ3n) is 2.68. The van der Waals surface area contributed by atoms with Crippen molar-refractivity contribution in [1.29, 1.82) is 0 Å². The molecule has 0 heterocycles. The van der Waals surface area contributed by atoms with E-state index < -0.39 is 29.0 Å². The van der Waals surface area contributed by atoms with E-state index in [0.717, 1.165) is 5.56 Å². The molecular formula is C14H9BrF3NO. The summed E-state index contributed by atoms with van der Waals surface area (Å²) in [6.45, 7) is 1.78. The highest BCUT2D eigenvalue weighted by Crippen LogP contribution is 2.24. The molecule has 0 saturated heterocycles. The Morgan fingerprint density at radius 1 is 1.15 bits per heavy atom. The van der Waals surface area contributed by atoms with Crippen molar-refractivity contribution in [1.82, 2.24) is 0 Å². The van der Waals surface area contributed by atoms with E-state index in [1.165, 1.54) is 6.07 Å². The fourth-order valence-corrected chi connectivity index (χ4v) is 2.11. The number of amides is 1. The summed E-state index contributed by atoms with van der Waals surface area (Å²) in [6.07, 6.45) is 0. The van der Waals surface area contributed by atoms with Gasteiger partial charge in [-0.3, -0.25) is 4.79 Å². The van der Waals surface area contributed by atoms with Gasteiger partial charge in [0, 0.05) is 16.6 Å². The summed E-state index contributed by atoms with van der Waals surface area (Å²) in [5.41, 5.74) is 0.357. The lowest BCUT2D eigenvalue weighted by Gasteiger charge is -2.10. The largest absolute Gasteiger partial charge is 0.317 e. The smallest absolute Gasteiger partial charge is 0.256 e. The summed E-state index contributed by atoms with van der Waals surface area (Å²) in [6, 6.07) is 5.94. The maximum Gasteiger partial charge on any atom is 0.256 e. The lowest BCUT2D eigenvalue weighted by molar-refractivity contribution is 0.102. The van der Waals surface area contributed by atoms with Crippen LogP contribution in [0, 0.1) is 24.4 Å². The molecule has 0 atom stereocenters. The van der Waals surface area contributed by atoms with Gasteiger partial charge in [-0.1, -0.05) is 12.1 Å². The van der Waals surface area contributed by atoms with Gasteiger partial charge in [-0.05, 0) is 34.5 Å². The normalized spacial score (nSPS) is 10.4. The molecule has 0 spiro atoms. The van der Waals surface area contributed by atoms with Crippen LogP contribution in [0.4, 0.5) is 18.9 Å². The van der Waals surface area contributed by atoms with Gasteiger partial charge in [-0.2, -0.15) is 0 Å². The zero-order chi connectivity index (χ0) is 14.9. The lowest BCUT2D eigenvalue weighted by atomic mass is 10.1. The highest BCUT2D eigenvalue weighted by atomic mass is 79.9. The number of benzene rings is 2. The van der Waals surface area contributed by atoms with Crippen LogP contribution in [-0.2, 0) is 0 Å². The number of anilines is 1. The van der Waals surface area contributed by atoms with E-state index in [2.05, 4.69) is 21.2 Å². The Bertz CT molecular complexity index is 665. The SMILES string of the molecule is Cc1cccc(C(=O)Nc2c(F)cc(F)cc2F)c1Br. The van der Waals surface area contributed by atoms with Crippen LogP contribution < -0.4 is 5.32 Å². The quantitative estimate of drug-likeness (QED) is 0.858. The maximum atomic E-state index is 13.5. The molecule has 0 radical (unpaired) electrons. The maximum absolute atomic E-state index is 13.5. The molecule has 0 unspecified atom stereocenters. The van der Waals surface area contributed by atoms with Gasteiger partial charge in [0.05, 0.1) is 5.56 Å². The molecule has 0 aliphatic heterocycles. The van der Waals surface area contributed by atoms with Crippen LogP contribution in [0.2, 0.25) is 0 Å². The molecule has 2 nitrogen and oxygen atoms in total. The van der Waals surface area contributed by atoms with Crippen molar-refractivity contribution < 1.29 is 18.0 Å². The number of carbonyl (C=O) groups excluding carboxylic acids is 1. The molecule has 0 aliphatic carbocycles. The fraction of sp³-hybridized carbons (Fsp3) is 0.0714.